The highest BCUT2D eigenvalue weighted by Gasteiger charge is 2.20. The van der Waals surface area contributed by atoms with E-state index >= 15 is 0 Å². The number of aliphatic hydroxyl groups is 3. The van der Waals surface area contributed by atoms with Crippen molar-refractivity contribution in [2.45, 2.75) is 321 Å². The molecule has 0 spiro atoms. The second-order valence-corrected chi connectivity index (χ2v) is 19.2. The van der Waals surface area contributed by atoms with E-state index in [9.17, 15) is 20.1 Å². The predicted octanol–water partition coefficient (Wildman–Crippen LogP) is 16.9. The van der Waals surface area contributed by atoms with Crippen molar-refractivity contribution in [3.05, 3.63) is 24.3 Å². The van der Waals surface area contributed by atoms with Gasteiger partial charge in [-0.15, -0.1) is 0 Å². The van der Waals surface area contributed by atoms with Gasteiger partial charge in [-0.1, -0.05) is 276 Å². The molecular weight excluding hydrogens is 751 g/mol. The summed E-state index contributed by atoms with van der Waals surface area (Å²) in [6, 6.07) is -0.743. The van der Waals surface area contributed by atoms with E-state index in [1.165, 1.54) is 250 Å². The van der Waals surface area contributed by atoms with Crippen LogP contribution in [0, 0.1) is 0 Å². The van der Waals surface area contributed by atoms with Crippen LogP contribution >= 0.6 is 0 Å². The molecule has 5 nitrogen and oxygen atoms in total. The molecule has 0 aliphatic carbocycles. The molecule has 3 atom stereocenters. The number of hydrogen-bond donors (Lipinski definition) is 4. The Kier molecular flexibility index (Phi) is 50.5. The van der Waals surface area contributed by atoms with Gasteiger partial charge in [0.25, 0.3) is 0 Å². The van der Waals surface area contributed by atoms with E-state index in [4.69, 9.17) is 0 Å². The van der Waals surface area contributed by atoms with Crippen LogP contribution in [0.5, 0.6) is 0 Å². The van der Waals surface area contributed by atoms with E-state index in [0.29, 0.717) is 6.42 Å². The van der Waals surface area contributed by atoms with Gasteiger partial charge in [0, 0.05) is 0 Å². The lowest BCUT2D eigenvalue weighted by Crippen LogP contribution is -2.45. The van der Waals surface area contributed by atoms with Crippen LogP contribution in [0.3, 0.4) is 0 Å². The maximum atomic E-state index is 12.5. The van der Waals surface area contributed by atoms with E-state index < -0.39 is 18.2 Å². The standard InChI is InChI=1S/C56H109NO4/c1-3-5-7-9-11-13-15-17-19-21-22-23-24-25-26-27-28-29-30-31-32-34-35-37-39-41-43-45-47-49-53(59)51-56(61)57-54(52-58)55(60)50-48-46-44-42-40-38-36-33-20-18-16-14-12-10-8-6-4-2/h25-26,48,50,53-55,58-60H,3-24,27-47,49,51-52H2,1-2H3,(H,57,61)/b26-25-,50-48+. The van der Waals surface area contributed by atoms with Gasteiger partial charge in [0.1, 0.15) is 0 Å². The molecule has 61 heavy (non-hydrogen) atoms. The van der Waals surface area contributed by atoms with Crippen molar-refractivity contribution in [3.63, 3.8) is 0 Å². The third-order valence-electron chi connectivity index (χ3n) is 13.0. The van der Waals surface area contributed by atoms with Crippen molar-refractivity contribution in [1.29, 1.82) is 0 Å². The van der Waals surface area contributed by atoms with E-state index in [1.807, 2.05) is 6.08 Å². The van der Waals surface area contributed by atoms with Crippen molar-refractivity contribution < 1.29 is 20.1 Å². The van der Waals surface area contributed by atoms with Gasteiger partial charge in [-0.2, -0.15) is 0 Å². The Balaban J connectivity index is 3.53. The second-order valence-electron chi connectivity index (χ2n) is 19.2. The molecule has 3 unspecified atom stereocenters. The van der Waals surface area contributed by atoms with E-state index in [-0.39, 0.29) is 18.9 Å². The number of carbonyl (C=O) groups excluding carboxylic acids is 1. The largest absolute Gasteiger partial charge is 0.394 e. The van der Waals surface area contributed by atoms with Crippen LogP contribution < -0.4 is 5.32 Å². The Morgan fingerprint density at radius 3 is 1.00 bits per heavy atom. The molecule has 1 amide bonds. The average molecular weight is 860 g/mol. The summed E-state index contributed by atoms with van der Waals surface area (Å²) in [5.41, 5.74) is 0. The fourth-order valence-electron chi connectivity index (χ4n) is 8.75. The van der Waals surface area contributed by atoms with Crippen LogP contribution in [0.15, 0.2) is 24.3 Å². The molecule has 0 saturated heterocycles. The molecule has 0 aliphatic heterocycles. The molecule has 0 aromatic heterocycles. The summed E-state index contributed by atoms with van der Waals surface area (Å²) in [6.45, 7) is 4.24. The Morgan fingerprint density at radius 1 is 0.410 bits per heavy atom. The van der Waals surface area contributed by atoms with Crippen LogP contribution in [-0.4, -0.2) is 46.1 Å². The third-order valence-corrected chi connectivity index (χ3v) is 13.0. The first-order valence-electron chi connectivity index (χ1n) is 27.6. The monoisotopic (exact) mass is 860 g/mol. The van der Waals surface area contributed by atoms with Gasteiger partial charge in [0.15, 0.2) is 0 Å². The van der Waals surface area contributed by atoms with Crippen LogP contribution in [-0.2, 0) is 4.79 Å². The van der Waals surface area contributed by atoms with Crippen LogP contribution in [0.4, 0.5) is 0 Å². The molecular formula is C56H109NO4. The molecule has 0 aromatic carbocycles. The smallest absolute Gasteiger partial charge is 0.222 e. The first-order valence-corrected chi connectivity index (χ1v) is 27.6. The van der Waals surface area contributed by atoms with E-state index in [2.05, 4.69) is 31.3 Å². The number of unbranched alkanes of at least 4 members (excludes halogenated alkanes) is 40. The summed E-state index contributed by atoms with van der Waals surface area (Å²) in [6.07, 6.45) is 65.1. The molecule has 0 radical (unpaired) electrons. The zero-order valence-electron chi connectivity index (χ0n) is 41.3. The average Bonchev–Trinajstić information content (AvgIpc) is 3.25. The quantitative estimate of drug-likeness (QED) is 0.0362. The molecule has 5 heteroatoms. The SMILES string of the molecule is CCCCCCCCCCCCCC/C=C\CCCCCCCCCCCCCCCC(O)CC(=O)NC(CO)C(O)/C=C/CCCCCCCCCCCCCCCCC. The summed E-state index contributed by atoms with van der Waals surface area (Å²) in [5, 5.41) is 33.4. The zero-order chi connectivity index (χ0) is 44.4. The lowest BCUT2D eigenvalue weighted by Gasteiger charge is -2.21. The maximum Gasteiger partial charge on any atom is 0.222 e. The highest BCUT2D eigenvalue weighted by Crippen LogP contribution is 2.17. The molecule has 0 aromatic rings. The Labute approximate surface area is 382 Å². The number of aliphatic hydroxyl groups excluding tert-OH is 3. The predicted molar refractivity (Wildman–Crippen MR) is 268 cm³/mol. The number of amides is 1. The topological polar surface area (TPSA) is 89.8 Å². The van der Waals surface area contributed by atoms with Crippen LogP contribution in [0.25, 0.3) is 0 Å². The van der Waals surface area contributed by atoms with Crippen molar-refractivity contribution in [3.8, 4) is 0 Å². The summed E-state index contributed by atoms with van der Waals surface area (Å²) < 4.78 is 0. The summed E-state index contributed by atoms with van der Waals surface area (Å²) in [4.78, 5) is 12.5. The minimum absolute atomic E-state index is 0.0165. The van der Waals surface area contributed by atoms with Crippen molar-refractivity contribution in [1.82, 2.24) is 5.32 Å². The van der Waals surface area contributed by atoms with Gasteiger partial charge in [0.05, 0.1) is 31.3 Å². The molecule has 0 rings (SSSR count). The molecule has 4 N–H and O–H groups in total. The van der Waals surface area contributed by atoms with E-state index in [1.54, 1.807) is 6.08 Å². The number of carbonyl (C=O) groups is 1. The van der Waals surface area contributed by atoms with Crippen molar-refractivity contribution >= 4 is 5.91 Å². The minimum atomic E-state index is -0.927. The number of nitrogens with one attached hydrogen (secondary N) is 1. The lowest BCUT2D eigenvalue weighted by atomic mass is 10.0. The highest BCUT2D eigenvalue weighted by atomic mass is 16.3. The van der Waals surface area contributed by atoms with E-state index in [0.717, 1.165) is 25.7 Å². The Bertz CT molecular complexity index is 905. The Hall–Kier alpha value is -1.17. The fourth-order valence-corrected chi connectivity index (χ4v) is 8.75. The second kappa shape index (κ2) is 51.5. The lowest BCUT2D eigenvalue weighted by molar-refractivity contribution is -0.124. The van der Waals surface area contributed by atoms with Gasteiger partial charge in [-0.25, -0.2) is 0 Å². The maximum absolute atomic E-state index is 12.5. The number of allylic oxidation sites excluding steroid dienone is 3. The van der Waals surface area contributed by atoms with Crippen molar-refractivity contribution in [2.24, 2.45) is 0 Å². The van der Waals surface area contributed by atoms with Gasteiger partial charge in [0.2, 0.25) is 5.91 Å². The summed E-state index contributed by atoms with van der Waals surface area (Å²) in [5.74, 6) is -0.311. The summed E-state index contributed by atoms with van der Waals surface area (Å²) in [7, 11) is 0. The molecule has 362 valence electrons. The van der Waals surface area contributed by atoms with Crippen LogP contribution in [0.2, 0.25) is 0 Å². The van der Waals surface area contributed by atoms with Crippen LogP contribution in [0.1, 0.15) is 303 Å². The molecule has 0 saturated carbocycles. The number of hydrogen-bond acceptors (Lipinski definition) is 4. The fraction of sp³-hybridized carbons (Fsp3) is 0.911. The molecule has 0 fully saturated rings. The van der Waals surface area contributed by atoms with Gasteiger partial charge in [-0.05, 0) is 44.9 Å². The zero-order valence-corrected chi connectivity index (χ0v) is 41.3. The molecule has 0 heterocycles. The third kappa shape index (κ3) is 48.1. The Morgan fingerprint density at radius 2 is 0.689 bits per heavy atom. The summed E-state index contributed by atoms with van der Waals surface area (Å²) >= 11 is 0. The first-order chi connectivity index (χ1) is 30.0. The highest BCUT2D eigenvalue weighted by molar-refractivity contribution is 5.76. The minimum Gasteiger partial charge on any atom is -0.394 e. The number of rotatable bonds is 51. The normalized spacial score (nSPS) is 13.5. The van der Waals surface area contributed by atoms with Gasteiger partial charge in [-0.3, -0.25) is 4.79 Å². The molecule has 0 aliphatic rings. The molecule has 0 bridgehead atoms. The van der Waals surface area contributed by atoms with Gasteiger partial charge < -0.3 is 20.6 Å². The van der Waals surface area contributed by atoms with Gasteiger partial charge >= 0.3 is 0 Å². The van der Waals surface area contributed by atoms with Crippen molar-refractivity contribution in [2.75, 3.05) is 6.61 Å². The first kappa shape index (κ1) is 59.8.